The van der Waals surface area contributed by atoms with E-state index in [2.05, 4.69) is 15.1 Å². The van der Waals surface area contributed by atoms with Gasteiger partial charge in [0.05, 0.1) is 5.92 Å². The molecule has 3 rings (SSSR count). The second-order valence-electron chi connectivity index (χ2n) is 5.32. The zero-order chi connectivity index (χ0) is 11.0. The van der Waals surface area contributed by atoms with Gasteiger partial charge in [0.2, 0.25) is 5.91 Å². The minimum Gasteiger partial charge on any atom is -0.340 e. The molecule has 3 fully saturated rings. The van der Waals surface area contributed by atoms with Gasteiger partial charge >= 0.3 is 0 Å². The molecule has 3 saturated heterocycles. The van der Waals surface area contributed by atoms with Crippen LogP contribution in [0.5, 0.6) is 0 Å². The lowest BCUT2D eigenvalue weighted by molar-refractivity contribution is -0.140. The third-order valence-electron chi connectivity index (χ3n) is 4.28. The number of piperazine rings is 1. The van der Waals surface area contributed by atoms with Crippen molar-refractivity contribution < 1.29 is 4.79 Å². The topological polar surface area (TPSA) is 35.6 Å². The molecule has 0 aromatic carbocycles. The summed E-state index contributed by atoms with van der Waals surface area (Å²) in [6, 6.07) is 0.652. The molecule has 0 aliphatic carbocycles. The van der Waals surface area contributed by atoms with Crippen LogP contribution in [-0.4, -0.2) is 61.0 Å². The van der Waals surface area contributed by atoms with E-state index in [1.54, 1.807) is 0 Å². The largest absolute Gasteiger partial charge is 0.340 e. The highest BCUT2D eigenvalue weighted by atomic mass is 35.5. The predicted molar refractivity (Wildman–Crippen MR) is 69.4 cm³/mol. The Kier molecular flexibility index (Phi) is 4.28. The minimum atomic E-state index is 0. The van der Waals surface area contributed by atoms with Crippen LogP contribution in [0.15, 0.2) is 0 Å². The first-order valence-corrected chi connectivity index (χ1v) is 6.58. The molecule has 3 aliphatic rings. The lowest BCUT2D eigenvalue weighted by Gasteiger charge is -2.45. The van der Waals surface area contributed by atoms with E-state index in [1.165, 1.54) is 25.8 Å². The number of nitrogens with one attached hydrogen (secondary N) is 1. The van der Waals surface area contributed by atoms with Gasteiger partial charge in [-0.2, -0.15) is 0 Å². The number of carbonyl (C=O) groups excluding carboxylic acids is 1. The molecule has 1 unspecified atom stereocenters. The highest BCUT2D eigenvalue weighted by Gasteiger charge is 2.35. The van der Waals surface area contributed by atoms with Gasteiger partial charge in [-0.3, -0.25) is 9.69 Å². The predicted octanol–water partition coefficient (Wildman–Crippen LogP) is 0.324. The SMILES string of the molecule is Cl.O=C(C1CNC1)N1CCN2CCCCC2C1. The highest BCUT2D eigenvalue weighted by Crippen LogP contribution is 2.22. The third-order valence-corrected chi connectivity index (χ3v) is 4.28. The van der Waals surface area contributed by atoms with Crippen LogP contribution in [0, 0.1) is 5.92 Å². The van der Waals surface area contributed by atoms with Crippen molar-refractivity contribution in [2.45, 2.75) is 25.3 Å². The second-order valence-corrected chi connectivity index (χ2v) is 5.32. The Balaban J connectivity index is 0.00000108. The molecule has 3 aliphatic heterocycles. The molecular formula is C12H22ClN3O. The number of amides is 1. The molecule has 98 valence electrons. The molecular weight excluding hydrogens is 238 g/mol. The molecule has 3 heterocycles. The van der Waals surface area contributed by atoms with E-state index in [4.69, 9.17) is 0 Å². The van der Waals surface area contributed by atoms with E-state index >= 15 is 0 Å². The van der Waals surface area contributed by atoms with Crippen molar-refractivity contribution >= 4 is 18.3 Å². The molecule has 17 heavy (non-hydrogen) atoms. The summed E-state index contributed by atoms with van der Waals surface area (Å²) in [7, 11) is 0. The van der Waals surface area contributed by atoms with E-state index in [-0.39, 0.29) is 18.3 Å². The van der Waals surface area contributed by atoms with Gasteiger partial charge in [0.1, 0.15) is 0 Å². The van der Waals surface area contributed by atoms with E-state index in [0.717, 1.165) is 32.7 Å². The third kappa shape index (κ3) is 2.59. The summed E-state index contributed by atoms with van der Waals surface area (Å²) in [6.45, 7) is 6.06. The Morgan fingerprint density at radius 2 is 1.94 bits per heavy atom. The van der Waals surface area contributed by atoms with Gasteiger partial charge in [-0.05, 0) is 19.4 Å². The van der Waals surface area contributed by atoms with E-state index in [9.17, 15) is 4.79 Å². The molecule has 0 spiro atoms. The molecule has 0 aromatic heterocycles. The van der Waals surface area contributed by atoms with Gasteiger partial charge in [0, 0.05) is 38.8 Å². The molecule has 0 radical (unpaired) electrons. The van der Waals surface area contributed by atoms with Crippen LogP contribution in [0.2, 0.25) is 0 Å². The Bertz CT molecular complexity index is 283. The van der Waals surface area contributed by atoms with Crippen molar-refractivity contribution in [3.63, 3.8) is 0 Å². The Labute approximate surface area is 109 Å². The first-order chi connectivity index (χ1) is 7.84. The number of piperidine rings is 1. The van der Waals surface area contributed by atoms with Gasteiger partial charge in [-0.15, -0.1) is 12.4 Å². The number of rotatable bonds is 1. The van der Waals surface area contributed by atoms with Crippen molar-refractivity contribution in [2.75, 3.05) is 39.3 Å². The van der Waals surface area contributed by atoms with Crippen LogP contribution in [-0.2, 0) is 4.79 Å². The van der Waals surface area contributed by atoms with Crippen molar-refractivity contribution in [2.24, 2.45) is 5.92 Å². The van der Waals surface area contributed by atoms with Crippen LogP contribution in [0.4, 0.5) is 0 Å². The monoisotopic (exact) mass is 259 g/mol. The number of hydrogen-bond donors (Lipinski definition) is 1. The lowest BCUT2D eigenvalue weighted by atomic mass is 9.97. The second kappa shape index (κ2) is 5.55. The van der Waals surface area contributed by atoms with Crippen molar-refractivity contribution in [1.82, 2.24) is 15.1 Å². The van der Waals surface area contributed by atoms with Crippen molar-refractivity contribution in [3.8, 4) is 0 Å². The first-order valence-electron chi connectivity index (χ1n) is 6.58. The summed E-state index contributed by atoms with van der Waals surface area (Å²) >= 11 is 0. The minimum absolute atomic E-state index is 0. The maximum Gasteiger partial charge on any atom is 0.228 e. The van der Waals surface area contributed by atoms with Crippen molar-refractivity contribution in [3.05, 3.63) is 0 Å². The maximum absolute atomic E-state index is 12.1. The van der Waals surface area contributed by atoms with Crippen LogP contribution in [0.3, 0.4) is 0 Å². The molecule has 0 saturated carbocycles. The average molecular weight is 260 g/mol. The Hall–Kier alpha value is -0.320. The van der Waals surface area contributed by atoms with E-state index in [0.29, 0.717) is 11.9 Å². The summed E-state index contributed by atoms with van der Waals surface area (Å²) in [5.74, 6) is 0.666. The fourth-order valence-electron chi connectivity index (χ4n) is 3.08. The normalized spacial score (nSPS) is 30.1. The number of carbonyl (C=O) groups is 1. The maximum atomic E-state index is 12.1. The van der Waals surface area contributed by atoms with E-state index < -0.39 is 0 Å². The Morgan fingerprint density at radius 3 is 2.65 bits per heavy atom. The summed E-state index contributed by atoms with van der Waals surface area (Å²) in [6.07, 6.45) is 3.97. The highest BCUT2D eigenvalue weighted by molar-refractivity contribution is 5.85. The fourth-order valence-corrected chi connectivity index (χ4v) is 3.08. The summed E-state index contributed by atoms with van der Waals surface area (Å²) in [4.78, 5) is 16.8. The standard InChI is InChI=1S/C12H21N3O.ClH/c16-12(10-7-13-8-10)15-6-5-14-4-2-1-3-11(14)9-15;/h10-11,13H,1-9H2;1H. The zero-order valence-corrected chi connectivity index (χ0v) is 11.0. The molecule has 5 heteroatoms. The number of nitrogens with zero attached hydrogens (tertiary/aromatic N) is 2. The molecule has 0 aromatic rings. The number of fused-ring (bicyclic) bond motifs is 1. The summed E-state index contributed by atoms with van der Waals surface area (Å²) in [5.41, 5.74) is 0. The summed E-state index contributed by atoms with van der Waals surface area (Å²) in [5, 5.41) is 3.18. The molecule has 1 N–H and O–H groups in total. The van der Waals surface area contributed by atoms with Gasteiger partial charge < -0.3 is 10.2 Å². The Morgan fingerprint density at radius 1 is 1.12 bits per heavy atom. The lowest BCUT2D eigenvalue weighted by Crippen LogP contribution is -2.60. The zero-order valence-electron chi connectivity index (χ0n) is 10.2. The van der Waals surface area contributed by atoms with Crippen LogP contribution in [0.25, 0.3) is 0 Å². The molecule has 1 amide bonds. The van der Waals surface area contributed by atoms with Crippen molar-refractivity contribution in [1.29, 1.82) is 0 Å². The van der Waals surface area contributed by atoms with Gasteiger partial charge in [0.15, 0.2) is 0 Å². The molecule has 1 atom stereocenters. The first kappa shape index (κ1) is 13.1. The smallest absolute Gasteiger partial charge is 0.228 e. The molecule has 4 nitrogen and oxygen atoms in total. The summed E-state index contributed by atoms with van der Waals surface area (Å²) < 4.78 is 0. The number of halogens is 1. The van der Waals surface area contributed by atoms with Gasteiger partial charge in [0.25, 0.3) is 0 Å². The number of hydrogen-bond acceptors (Lipinski definition) is 3. The molecule has 0 bridgehead atoms. The average Bonchev–Trinajstić information content (AvgIpc) is 2.26. The van der Waals surface area contributed by atoms with Crippen LogP contribution < -0.4 is 5.32 Å². The van der Waals surface area contributed by atoms with E-state index in [1.807, 2.05) is 0 Å². The quantitative estimate of drug-likeness (QED) is 0.737. The van der Waals surface area contributed by atoms with Gasteiger partial charge in [-0.1, -0.05) is 6.42 Å². The van der Waals surface area contributed by atoms with Crippen LogP contribution in [0.1, 0.15) is 19.3 Å². The van der Waals surface area contributed by atoms with Gasteiger partial charge in [-0.25, -0.2) is 0 Å². The fraction of sp³-hybridized carbons (Fsp3) is 0.917. The van der Waals surface area contributed by atoms with Crippen LogP contribution >= 0.6 is 12.4 Å².